The molecule has 1 N–H and O–H groups in total. The molecular formula is C23H27N3O2. The number of aryl methyl sites for hydroxylation is 1. The van der Waals surface area contributed by atoms with Crippen molar-refractivity contribution in [3.05, 3.63) is 59.8 Å². The number of nitrogens with zero attached hydrogens (tertiary/aromatic N) is 2. The van der Waals surface area contributed by atoms with Gasteiger partial charge in [0.2, 0.25) is 0 Å². The second kappa shape index (κ2) is 8.46. The Hall–Kier alpha value is -2.82. The number of aromatic amines is 1. The van der Waals surface area contributed by atoms with Gasteiger partial charge in [-0.05, 0) is 43.5 Å². The number of hydrogen-bond donors (Lipinski definition) is 1. The maximum absolute atomic E-state index is 5.90. The van der Waals surface area contributed by atoms with E-state index in [0.29, 0.717) is 12.5 Å². The van der Waals surface area contributed by atoms with Crippen molar-refractivity contribution < 1.29 is 9.47 Å². The Labute approximate surface area is 166 Å². The number of imidazole rings is 1. The number of ether oxygens (including phenoxy) is 2. The fourth-order valence-electron chi connectivity index (χ4n) is 3.78. The van der Waals surface area contributed by atoms with Gasteiger partial charge in [-0.3, -0.25) is 4.98 Å². The van der Waals surface area contributed by atoms with Gasteiger partial charge in [0.25, 0.3) is 0 Å². The summed E-state index contributed by atoms with van der Waals surface area (Å²) >= 11 is 0. The zero-order valence-corrected chi connectivity index (χ0v) is 16.6. The van der Waals surface area contributed by atoms with Crippen LogP contribution in [0, 0.1) is 6.92 Å². The molecule has 0 saturated heterocycles. The van der Waals surface area contributed by atoms with Gasteiger partial charge in [-0.15, -0.1) is 0 Å². The highest BCUT2D eigenvalue weighted by molar-refractivity contribution is 5.68. The van der Waals surface area contributed by atoms with Gasteiger partial charge in [-0.25, -0.2) is 4.98 Å². The van der Waals surface area contributed by atoms with Crippen LogP contribution in [0.25, 0.3) is 11.3 Å². The van der Waals surface area contributed by atoms with Crippen molar-refractivity contribution in [1.29, 1.82) is 0 Å². The highest BCUT2D eigenvalue weighted by atomic mass is 16.5. The van der Waals surface area contributed by atoms with E-state index in [4.69, 9.17) is 9.47 Å². The maximum Gasteiger partial charge on any atom is 0.131 e. The summed E-state index contributed by atoms with van der Waals surface area (Å²) in [5, 5.41) is 0. The predicted octanol–water partition coefficient (Wildman–Crippen LogP) is 5.42. The molecule has 1 saturated carbocycles. The second-order valence-electron chi connectivity index (χ2n) is 7.49. The third-order valence-corrected chi connectivity index (χ3v) is 5.41. The van der Waals surface area contributed by atoms with Crippen LogP contribution in [0.2, 0.25) is 0 Å². The number of hydrogen-bond acceptors (Lipinski definition) is 4. The summed E-state index contributed by atoms with van der Waals surface area (Å²) in [4.78, 5) is 12.5. The van der Waals surface area contributed by atoms with E-state index in [1.807, 2.05) is 49.6 Å². The summed E-state index contributed by atoms with van der Waals surface area (Å²) in [7, 11) is 1.68. The molecule has 3 aromatic rings. The molecule has 0 unspecified atom stereocenters. The summed E-state index contributed by atoms with van der Waals surface area (Å²) < 4.78 is 11.5. The predicted molar refractivity (Wildman–Crippen MR) is 110 cm³/mol. The van der Waals surface area contributed by atoms with Crippen molar-refractivity contribution in [2.24, 2.45) is 0 Å². The summed E-state index contributed by atoms with van der Waals surface area (Å²) in [6.45, 7) is 2.45. The summed E-state index contributed by atoms with van der Waals surface area (Å²) in [5.41, 5.74) is 4.03. The molecule has 28 heavy (non-hydrogen) atoms. The number of benzene rings is 1. The first-order chi connectivity index (χ1) is 13.7. The van der Waals surface area contributed by atoms with E-state index in [2.05, 4.69) is 15.0 Å². The molecule has 0 aliphatic heterocycles. The van der Waals surface area contributed by atoms with Gasteiger partial charge in [-0.2, -0.15) is 0 Å². The first kappa shape index (κ1) is 18.5. The normalized spacial score (nSPS) is 14.8. The Balaban J connectivity index is 1.49. The molecule has 2 heterocycles. The molecular weight excluding hydrogens is 350 g/mol. The van der Waals surface area contributed by atoms with E-state index < -0.39 is 0 Å². The molecule has 2 aromatic heterocycles. The fourth-order valence-corrected chi connectivity index (χ4v) is 3.78. The van der Waals surface area contributed by atoms with E-state index in [1.54, 1.807) is 7.11 Å². The van der Waals surface area contributed by atoms with Crippen molar-refractivity contribution in [3.8, 4) is 22.8 Å². The largest absolute Gasteiger partial charge is 0.496 e. The molecule has 0 bridgehead atoms. The number of rotatable bonds is 6. The average Bonchev–Trinajstić information content (AvgIpc) is 3.24. The van der Waals surface area contributed by atoms with Gasteiger partial charge in [-0.1, -0.05) is 25.3 Å². The third kappa shape index (κ3) is 4.19. The van der Waals surface area contributed by atoms with Gasteiger partial charge in [0.05, 0.1) is 24.7 Å². The molecule has 1 aliphatic rings. The van der Waals surface area contributed by atoms with E-state index in [-0.39, 0.29) is 0 Å². The molecule has 0 spiro atoms. The molecule has 1 aliphatic carbocycles. The number of methoxy groups -OCH3 is 1. The minimum atomic E-state index is 0.429. The van der Waals surface area contributed by atoms with Crippen molar-refractivity contribution in [3.63, 3.8) is 0 Å². The smallest absolute Gasteiger partial charge is 0.131 e. The molecule has 4 rings (SSSR count). The lowest BCUT2D eigenvalue weighted by atomic mass is 9.89. The van der Waals surface area contributed by atoms with Crippen LogP contribution in [0.1, 0.15) is 55.1 Å². The second-order valence-corrected chi connectivity index (χ2v) is 7.49. The van der Waals surface area contributed by atoms with Crippen LogP contribution in [0.5, 0.6) is 11.5 Å². The topological polar surface area (TPSA) is 60.0 Å². The highest BCUT2D eigenvalue weighted by Gasteiger charge is 2.19. The summed E-state index contributed by atoms with van der Waals surface area (Å²) in [5.74, 6) is 3.18. The minimum absolute atomic E-state index is 0.429. The lowest BCUT2D eigenvalue weighted by Crippen LogP contribution is -2.06. The zero-order chi connectivity index (χ0) is 19.3. The van der Waals surface area contributed by atoms with Gasteiger partial charge in [0, 0.05) is 23.7 Å². The molecule has 5 nitrogen and oxygen atoms in total. The monoisotopic (exact) mass is 377 g/mol. The van der Waals surface area contributed by atoms with Crippen molar-refractivity contribution in [1.82, 2.24) is 15.0 Å². The molecule has 5 heteroatoms. The number of aromatic nitrogens is 3. The molecule has 1 aromatic carbocycles. The van der Waals surface area contributed by atoms with E-state index in [1.165, 1.54) is 32.1 Å². The third-order valence-electron chi connectivity index (χ3n) is 5.41. The molecule has 0 radical (unpaired) electrons. The summed E-state index contributed by atoms with van der Waals surface area (Å²) in [6, 6.07) is 9.93. The number of H-pyrrole nitrogens is 1. The van der Waals surface area contributed by atoms with E-state index in [0.717, 1.165) is 39.8 Å². The first-order valence-electron chi connectivity index (χ1n) is 10.0. The van der Waals surface area contributed by atoms with Crippen molar-refractivity contribution in [2.75, 3.05) is 7.11 Å². The van der Waals surface area contributed by atoms with Crippen LogP contribution in [0.4, 0.5) is 0 Å². The highest BCUT2D eigenvalue weighted by Crippen LogP contribution is 2.35. The number of pyridine rings is 1. The molecule has 0 atom stereocenters. The molecule has 1 fully saturated rings. The lowest BCUT2D eigenvalue weighted by molar-refractivity contribution is 0.299. The maximum atomic E-state index is 5.90. The van der Waals surface area contributed by atoms with Gasteiger partial charge in [0.15, 0.2) is 0 Å². The molecule has 146 valence electrons. The lowest BCUT2D eigenvalue weighted by Gasteiger charge is -2.19. The standard InChI is InChI=1S/C23H27N3O2/c1-16-8-9-18(24-13-16)15-28-19-10-11-20(22(12-19)27-2)21-14-25-23(26-21)17-6-4-3-5-7-17/h8-14,17H,3-7,15H2,1-2H3,(H,25,26). The van der Waals surface area contributed by atoms with Crippen LogP contribution in [0.3, 0.4) is 0 Å². The van der Waals surface area contributed by atoms with Gasteiger partial charge >= 0.3 is 0 Å². The Morgan fingerprint density at radius 1 is 1.04 bits per heavy atom. The van der Waals surface area contributed by atoms with E-state index >= 15 is 0 Å². The van der Waals surface area contributed by atoms with Crippen LogP contribution in [0.15, 0.2) is 42.7 Å². The summed E-state index contributed by atoms with van der Waals surface area (Å²) in [6.07, 6.45) is 10.2. The molecule has 0 amide bonds. The van der Waals surface area contributed by atoms with Crippen LogP contribution in [-0.4, -0.2) is 22.1 Å². The average molecular weight is 377 g/mol. The van der Waals surface area contributed by atoms with Crippen molar-refractivity contribution in [2.45, 2.75) is 51.6 Å². The first-order valence-corrected chi connectivity index (χ1v) is 10.0. The Morgan fingerprint density at radius 2 is 1.89 bits per heavy atom. The minimum Gasteiger partial charge on any atom is -0.496 e. The Morgan fingerprint density at radius 3 is 2.64 bits per heavy atom. The fraction of sp³-hybridized carbons (Fsp3) is 0.391. The van der Waals surface area contributed by atoms with Crippen molar-refractivity contribution >= 4 is 0 Å². The zero-order valence-electron chi connectivity index (χ0n) is 16.6. The number of nitrogens with one attached hydrogen (secondary N) is 1. The van der Waals surface area contributed by atoms with E-state index in [9.17, 15) is 0 Å². The van der Waals surface area contributed by atoms with Crippen LogP contribution in [-0.2, 0) is 6.61 Å². The Kier molecular flexibility index (Phi) is 5.60. The quantitative estimate of drug-likeness (QED) is 0.623. The van der Waals surface area contributed by atoms with Gasteiger partial charge in [0.1, 0.15) is 23.9 Å². The van der Waals surface area contributed by atoms with Gasteiger partial charge < -0.3 is 14.5 Å². The Bertz CT molecular complexity index is 912. The SMILES string of the molecule is COc1cc(OCc2ccc(C)cn2)ccc1-c1cnc(C2CCCCC2)[nH]1. The van der Waals surface area contributed by atoms with Crippen LogP contribution < -0.4 is 9.47 Å². The van der Waals surface area contributed by atoms with Crippen LogP contribution >= 0.6 is 0 Å².